The summed E-state index contributed by atoms with van der Waals surface area (Å²) in [6.45, 7) is 0.705. The molecule has 2 aromatic carbocycles. The Morgan fingerprint density at radius 1 is 1.00 bits per heavy atom. The molecule has 0 N–H and O–H groups in total. The van der Waals surface area contributed by atoms with Crippen LogP contribution in [0, 0.1) is 0 Å². The fourth-order valence-corrected chi connectivity index (χ4v) is 2.25. The van der Waals surface area contributed by atoms with Crippen LogP contribution < -0.4 is 0 Å². The van der Waals surface area contributed by atoms with Crippen LogP contribution in [-0.4, -0.2) is 21.2 Å². The quantitative estimate of drug-likeness (QED) is 0.397. The predicted octanol–water partition coefficient (Wildman–Crippen LogP) is 3.53. The minimum atomic E-state index is -0.466. The predicted molar refractivity (Wildman–Crippen MR) is 91.7 cm³/mol. The SMILES string of the molecule is O=C(O/N=C(\CCn1ccnc1)c1ccccc1)c1ccccc1. The van der Waals surface area contributed by atoms with Crippen LogP contribution in [0.4, 0.5) is 0 Å². The zero-order chi connectivity index (χ0) is 16.6. The second-order valence-corrected chi connectivity index (χ2v) is 5.20. The van der Waals surface area contributed by atoms with Crippen molar-refractivity contribution in [3.8, 4) is 0 Å². The summed E-state index contributed by atoms with van der Waals surface area (Å²) in [5.41, 5.74) is 2.12. The number of carbonyl (C=O) groups excluding carboxylic acids is 1. The van der Waals surface area contributed by atoms with Crippen LogP contribution in [0.15, 0.2) is 84.5 Å². The molecule has 0 unspecified atom stereocenters. The number of carbonyl (C=O) groups is 1. The van der Waals surface area contributed by atoms with Crippen LogP contribution >= 0.6 is 0 Å². The number of rotatable bonds is 6. The number of oxime groups is 1. The van der Waals surface area contributed by atoms with E-state index in [4.69, 9.17) is 4.84 Å². The van der Waals surface area contributed by atoms with Gasteiger partial charge < -0.3 is 9.40 Å². The van der Waals surface area contributed by atoms with Crippen LogP contribution in [0.25, 0.3) is 0 Å². The zero-order valence-electron chi connectivity index (χ0n) is 13.1. The standard InChI is InChI=1S/C19H17N3O2/c23-19(17-9-5-2-6-10-17)24-21-18(16-7-3-1-4-8-16)11-13-22-14-12-20-15-22/h1-10,12,14-15H,11,13H2/b21-18+. The Bertz CT molecular complexity index is 797. The molecule has 24 heavy (non-hydrogen) atoms. The summed E-state index contributed by atoms with van der Waals surface area (Å²) >= 11 is 0. The molecule has 0 aliphatic heterocycles. The molecule has 0 spiro atoms. The molecule has 0 saturated carbocycles. The second kappa shape index (κ2) is 7.87. The first-order valence-electron chi connectivity index (χ1n) is 7.67. The van der Waals surface area contributed by atoms with Crippen molar-refractivity contribution in [3.05, 3.63) is 90.5 Å². The minimum absolute atomic E-state index is 0.466. The molecule has 0 saturated heterocycles. The lowest BCUT2D eigenvalue weighted by Crippen LogP contribution is -2.09. The molecule has 0 radical (unpaired) electrons. The Morgan fingerprint density at radius 3 is 2.29 bits per heavy atom. The molecular weight excluding hydrogens is 302 g/mol. The van der Waals surface area contributed by atoms with Gasteiger partial charge in [-0.2, -0.15) is 0 Å². The Morgan fingerprint density at radius 2 is 1.67 bits per heavy atom. The molecule has 5 heteroatoms. The van der Waals surface area contributed by atoms with Gasteiger partial charge in [-0.3, -0.25) is 0 Å². The van der Waals surface area contributed by atoms with Crippen LogP contribution in [0.2, 0.25) is 0 Å². The Hall–Kier alpha value is -3.21. The summed E-state index contributed by atoms with van der Waals surface area (Å²) in [4.78, 5) is 21.2. The number of hydrogen-bond acceptors (Lipinski definition) is 4. The van der Waals surface area contributed by atoms with E-state index < -0.39 is 5.97 Å². The number of benzene rings is 2. The summed E-state index contributed by atoms with van der Waals surface area (Å²) in [5.74, 6) is -0.466. The summed E-state index contributed by atoms with van der Waals surface area (Å²) in [6.07, 6.45) is 5.99. The molecule has 0 atom stereocenters. The number of nitrogens with zero attached hydrogens (tertiary/aromatic N) is 3. The average molecular weight is 319 g/mol. The fraction of sp³-hybridized carbons (Fsp3) is 0.105. The van der Waals surface area contributed by atoms with Gasteiger partial charge in [0.1, 0.15) is 0 Å². The van der Waals surface area contributed by atoms with E-state index in [0.717, 1.165) is 5.56 Å². The molecule has 1 aromatic heterocycles. The topological polar surface area (TPSA) is 56.5 Å². The van der Waals surface area contributed by atoms with Crippen LogP contribution in [-0.2, 0) is 11.4 Å². The first kappa shape index (κ1) is 15.7. The van der Waals surface area contributed by atoms with Gasteiger partial charge in [0.05, 0.1) is 17.6 Å². The van der Waals surface area contributed by atoms with Crippen LogP contribution in [0.5, 0.6) is 0 Å². The van der Waals surface area contributed by atoms with E-state index in [0.29, 0.717) is 24.2 Å². The lowest BCUT2D eigenvalue weighted by atomic mass is 10.1. The van der Waals surface area contributed by atoms with E-state index in [2.05, 4.69) is 10.1 Å². The largest absolute Gasteiger partial charge is 0.365 e. The lowest BCUT2D eigenvalue weighted by Gasteiger charge is -2.07. The third-order valence-corrected chi connectivity index (χ3v) is 3.52. The van der Waals surface area contributed by atoms with Gasteiger partial charge in [-0.25, -0.2) is 9.78 Å². The van der Waals surface area contributed by atoms with E-state index in [1.54, 1.807) is 36.8 Å². The average Bonchev–Trinajstić information content (AvgIpc) is 3.16. The van der Waals surface area contributed by atoms with Crippen molar-refractivity contribution in [2.24, 2.45) is 5.16 Å². The van der Waals surface area contributed by atoms with Crippen molar-refractivity contribution < 1.29 is 9.63 Å². The lowest BCUT2D eigenvalue weighted by molar-refractivity contribution is 0.0515. The molecule has 120 valence electrons. The van der Waals surface area contributed by atoms with Crippen molar-refractivity contribution in [1.29, 1.82) is 0 Å². The van der Waals surface area contributed by atoms with E-state index in [1.807, 2.05) is 47.2 Å². The van der Waals surface area contributed by atoms with Gasteiger partial charge in [0, 0.05) is 25.4 Å². The molecule has 5 nitrogen and oxygen atoms in total. The molecule has 0 aliphatic rings. The van der Waals surface area contributed by atoms with Gasteiger partial charge in [-0.15, -0.1) is 0 Å². The molecule has 3 aromatic rings. The van der Waals surface area contributed by atoms with E-state index >= 15 is 0 Å². The Balaban J connectivity index is 1.74. The van der Waals surface area contributed by atoms with Crippen molar-refractivity contribution in [2.45, 2.75) is 13.0 Å². The maximum absolute atomic E-state index is 12.1. The van der Waals surface area contributed by atoms with Crippen molar-refractivity contribution in [3.63, 3.8) is 0 Å². The molecule has 0 amide bonds. The highest BCUT2D eigenvalue weighted by atomic mass is 16.7. The highest BCUT2D eigenvalue weighted by molar-refractivity contribution is 6.01. The number of aromatic nitrogens is 2. The summed E-state index contributed by atoms with van der Waals surface area (Å²) in [7, 11) is 0. The van der Waals surface area contributed by atoms with Crippen LogP contribution in [0.1, 0.15) is 22.3 Å². The Labute approximate surface area is 140 Å². The third kappa shape index (κ3) is 4.16. The fourth-order valence-electron chi connectivity index (χ4n) is 2.25. The first-order valence-corrected chi connectivity index (χ1v) is 7.67. The van der Waals surface area contributed by atoms with E-state index in [9.17, 15) is 4.79 Å². The maximum Gasteiger partial charge on any atom is 0.365 e. The van der Waals surface area contributed by atoms with Gasteiger partial charge in [0.2, 0.25) is 0 Å². The molecule has 0 aliphatic carbocycles. The van der Waals surface area contributed by atoms with Crippen LogP contribution in [0.3, 0.4) is 0 Å². The zero-order valence-corrected chi connectivity index (χ0v) is 13.1. The summed E-state index contributed by atoms with van der Waals surface area (Å²) in [6, 6.07) is 18.5. The molecule has 3 rings (SSSR count). The van der Waals surface area contributed by atoms with Crippen molar-refractivity contribution in [1.82, 2.24) is 9.55 Å². The maximum atomic E-state index is 12.1. The molecule has 0 bridgehead atoms. The molecule has 1 heterocycles. The third-order valence-electron chi connectivity index (χ3n) is 3.52. The van der Waals surface area contributed by atoms with Gasteiger partial charge >= 0.3 is 5.97 Å². The normalized spacial score (nSPS) is 11.2. The number of imidazole rings is 1. The number of aryl methyl sites for hydroxylation is 1. The highest BCUT2D eigenvalue weighted by Gasteiger charge is 2.09. The first-order chi connectivity index (χ1) is 11.8. The Kier molecular flexibility index (Phi) is 5.14. The monoisotopic (exact) mass is 319 g/mol. The van der Waals surface area contributed by atoms with E-state index in [-0.39, 0.29) is 0 Å². The van der Waals surface area contributed by atoms with Gasteiger partial charge in [0.15, 0.2) is 0 Å². The molecule has 0 fully saturated rings. The van der Waals surface area contributed by atoms with Gasteiger partial charge in [-0.1, -0.05) is 53.7 Å². The summed E-state index contributed by atoms with van der Waals surface area (Å²) in [5, 5.41) is 4.10. The van der Waals surface area contributed by atoms with E-state index in [1.165, 1.54) is 0 Å². The minimum Gasteiger partial charge on any atom is -0.337 e. The van der Waals surface area contributed by atoms with Gasteiger partial charge in [-0.05, 0) is 17.7 Å². The number of hydrogen-bond donors (Lipinski definition) is 0. The van der Waals surface area contributed by atoms with Gasteiger partial charge in [0.25, 0.3) is 0 Å². The molecular formula is C19H17N3O2. The smallest absolute Gasteiger partial charge is 0.337 e. The van der Waals surface area contributed by atoms with Crippen molar-refractivity contribution in [2.75, 3.05) is 0 Å². The summed E-state index contributed by atoms with van der Waals surface area (Å²) < 4.78 is 1.96. The highest BCUT2D eigenvalue weighted by Crippen LogP contribution is 2.08. The van der Waals surface area contributed by atoms with Crippen molar-refractivity contribution >= 4 is 11.7 Å². The second-order valence-electron chi connectivity index (χ2n) is 5.20.